The molecule has 3 aromatic heterocycles. The van der Waals surface area contributed by atoms with Crippen LogP contribution in [0.15, 0.2) is 66.2 Å². The van der Waals surface area contributed by atoms with Gasteiger partial charge < -0.3 is 10.3 Å². The van der Waals surface area contributed by atoms with Gasteiger partial charge in [0.05, 0.1) is 17.0 Å². The first-order valence-electron chi connectivity index (χ1n) is 10.4. The van der Waals surface area contributed by atoms with Gasteiger partial charge in [0.25, 0.3) is 10.0 Å². The summed E-state index contributed by atoms with van der Waals surface area (Å²) in [6.45, 7) is 1.56. The molecule has 3 N–H and O–H groups in total. The minimum absolute atomic E-state index is 0.0315. The average molecular weight is 528 g/mol. The number of imidazole rings is 1. The van der Waals surface area contributed by atoms with E-state index in [0.29, 0.717) is 28.0 Å². The number of halogens is 3. The van der Waals surface area contributed by atoms with Crippen LogP contribution in [0.4, 0.5) is 26.0 Å². The number of rotatable bonds is 6. The van der Waals surface area contributed by atoms with Gasteiger partial charge in [0, 0.05) is 11.8 Å². The average Bonchev–Trinajstić information content (AvgIpc) is 3.33. The molecule has 3 heterocycles. The smallest absolute Gasteiger partial charge is 0.263 e. The standard InChI is InChI=1S/C23H16ClF2N7O2S/c1-12-4-2-6-14(24)21(12)36(34,35)33-16-8-7-15(25)19(17(16)26)32-22-13(5-3-9-27-22)18-20-23(30-10-28-18)31-11-29-20/h2-11,33H,1H3,(H,27,32)(H,28,29,30,31). The fraction of sp³-hybridized carbons (Fsp3) is 0.0435. The van der Waals surface area contributed by atoms with Gasteiger partial charge in [-0.05, 0) is 42.8 Å². The lowest BCUT2D eigenvalue weighted by Gasteiger charge is -2.16. The predicted octanol–water partition coefficient (Wildman–Crippen LogP) is 5.20. The summed E-state index contributed by atoms with van der Waals surface area (Å²) >= 11 is 6.08. The quantitative estimate of drug-likeness (QED) is 0.277. The van der Waals surface area contributed by atoms with Crippen LogP contribution in [0.2, 0.25) is 5.02 Å². The molecule has 9 nitrogen and oxygen atoms in total. The van der Waals surface area contributed by atoms with Gasteiger partial charge in [-0.2, -0.15) is 0 Å². The van der Waals surface area contributed by atoms with E-state index in [1.807, 2.05) is 0 Å². The molecule has 0 atom stereocenters. The lowest BCUT2D eigenvalue weighted by molar-refractivity contribution is 0.588. The molecule has 0 spiro atoms. The Kier molecular flexibility index (Phi) is 5.98. The number of sulfonamides is 1. The molecule has 0 fully saturated rings. The summed E-state index contributed by atoms with van der Waals surface area (Å²) in [6, 6.07) is 9.75. The highest BCUT2D eigenvalue weighted by atomic mass is 35.5. The van der Waals surface area contributed by atoms with Crippen LogP contribution < -0.4 is 10.0 Å². The molecule has 0 unspecified atom stereocenters. The number of hydrogen-bond acceptors (Lipinski definition) is 7. The zero-order valence-electron chi connectivity index (χ0n) is 18.4. The van der Waals surface area contributed by atoms with Gasteiger partial charge >= 0.3 is 0 Å². The first kappa shape index (κ1) is 23.6. The van der Waals surface area contributed by atoms with E-state index in [1.165, 1.54) is 24.9 Å². The Morgan fingerprint density at radius 2 is 1.83 bits per heavy atom. The predicted molar refractivity (Wildman–Crippen MR) is 132 cm³/mol. The number of nitrogens with one attached hydrogen (secondary N) is 3. The molecule has 0 radical (unpaired) electrons. The van der Waals surface area contributed by atoms with Crippen LogP contribution in [0, 0.1) is 18.6 Å². The lowest BCUT2D eigenvalue weighted by atomic mass is 10.1. The van der Waals surface area contributed by atoms with Crippen molar-refractivity contribution >= 4 is 50.0 Å². The summed E-state index contributed by atoms with van der Waals surface area (Å²) in [5.74, 6) is -2.07. The number of pyridine rings is 1. The fourth-order valence-electron chi connectivity index (χ4n) is 3.67. The second-order valence-corrected chi connectivity index (χ2v) is 9.65. The molecule has 0 aliphatic heterocycles. The molecule has 5 aromatic rings. The molecule has 0 aliphatic rings. The SMILES string of the molecule is Cc1cccc(Cl)c1S(=O)(=O)Nc1ccc(F)c(Nc2ncccc2-c2ncnc3[nH]cnc23)c1F. The second-order valence-electron chi connectivity index (χ2n) is 7.62. The molecule has 0 saturated heterocycles. The largest absolute Gasteiger partial charge is 0.335 e. The van der Waals surface area contributed by atoms with E-state index < -0.39 is 33.0 Å². The fourth-order valence-corrected chi connectivity index (χ4v) is 5.57. The van der Waals surface area contributed by atoms with Gasteiger partial charge in [-0.1, -0.05) is 23.7 Å². The van der Waals surface area contributed by atoms with Gasteiger partial charge in [-0.3, -0.25) is 4.72 Å². The number of H-pyrrole nitrogens is 1. The Hall–Kier alpha value is -4.16. The minimum atomic E-state index is -4.29. The van der Waals surface area contributed by atoms with Crippen molar-refractivity contribution in [2.24, 2.45) is 0 Å². The first-order valence-corrected chi connectivity index (χ1v) is 12.2. The molecule has 182 valence electrons. The van der Waals surface area contributed by atoms with E-state index in [1.54, 1.807) is 31.2 Å². The van der Waals surface area contributed by atoms with Crippen molar-refractivity contribution in [3.05, 3.63) is 83.5 Å². The van der Waals surface area contributed by atoms with Crippen LogP contribution in [0.25, 0.3) is 22.4 Å². The summed E-state index contributed by atoms with van der Waals surface area (Å²) in [4.78, 5) is 19.4. The zero-order chi connectivity index (χ0) is 25.4. The van der Waals surface area contributed by atoms with Gasteiger partial charge in [0.15, 0.2) is 11.5 Å². The Labute approximate surface area is 208 Å². The number of aromatic amines is 1. The summed E-state index contributed by atoms with van der Waals surface area (Å²) < 4.78 is 58.3. The number of aromatic nitrogens is 5. The Morgan fingerprint density at radius 1 is 1.00 bits per heavy atom. The van der Waals surface area contributed by atoms with E-state index in [0.717, 1.165) is 12.1 Å². The van der Waals surface area contributed by atoms with Crippen LogP contribution in [0.3, 0.4) is 0 Å². The molecule has 0 bridgehead atoms. The Balaban J connectivity index is 1.55. The van der Waals surface area contributed by atoms with Crippen LogP contribution in [-0.4, -0.2) is 33.3 Å². The van der Waals surface area contributed by atoms with Crippen molar-refractivity contribution in [1.82, 2.24) is 24.9 Å². The summed E-state index contributed by atoms with van der Waals surface area (Å²) in [6.07, 6.45) is 4.19. The third kappa shape index (κ3) is 4.20. The molecule has 0 amide bonds. The van der Waals surface area contributed by atoms with Crippen LogP contribution in [0.1, 0.15) is 5.56 Å². The zero-order valence-corrected chi connectivity index (χ0v) is 20.0. The van der Waals surface area contributed by atoms with Crippen molar-refractivity contribution in [3.8, 4) is 11.3 Å². The number of benzene rings is 2. The normalized spacial score (nSPS) is 11.6. The van der Waals surface area contributed by atoms with E-state index in [-0.39, 0.29) is 15.7 Å². The molecule has 0 aliphatic carbocycles. The van der Waals surface area contributed by atoms with Crippen molar-refractivity contribution in [2.75, 3.05) is 10.0 Å². The molecule has 36 heavy (non-hydrogen) atoms. The monoisotopic (exact) mass is 527 g/mol. The maximum absolute atomic E-state index is 15.5. The number of nitrogens with zero attached hydrogens (tertiary/aromatic N) is 4. The van der Waals surface area contributed by atoms with E-state index in [9.17, 15) is 12.8 Å². The van der Waals surface area contributed by atoms with Gasteiger partial charge in [-0.15, -0.1) is 0 Å². The third-order valence-corrected chi connectivity index (χ3v) is 7.29. The molecule has 2 aromatic carbocycles. The van der Waals surface area contributed by atoms with E-state index >= 15 is 4.39 Å². The van der Waals surface area contributed by atoms with E-state index in [2.05, 4.69) is 35.0 Å². The highest BCUT2D eigenvalue weighted by molar-refractivity contribution is 7.92. The summed E-state index contributed by atoms with van der Waals surface area (Å²) in [5.41, 5.74) is 0.955. The summed E-state index contributed by atoms with van der Waals surface area (Å²) in [7, 11) is -4.29. The molecule has 5 rings (SSSR count). The Morgan fingerprint density at radius 3 is 2.64 bits per heavy atom. The van der Waals surface area contributed by atoms with Crippen molar-refractivity contribution in [3.63, 3.8) is 0 Å². The highest BCUT2D eigenvalue weighted by Gasteiger charge is 2.24. The topological polar surface area (TPSA) is 126 Å². The number of fused-ring (bicyclic) bond motifs is 1. The molecular formula is C23H16ClF2N7O2S. The third-order valence-electron chi connectivity index (χ3n) is 5.29. The number of hydrogen-bond donors (Lipinski definition) is 3. The van der Waals surface area contributed by atoms with Crippen molar-refractivity contribution in [1.29, 1.82) is 0 Å². The second kappa shape index (κ2) is 9.13. The van der Waals surface area contributed by atoms with Gasteiger partial charge in [0.2, 0.25) is 0 Å². The number of aryl methyl sites for hydroxylation is 1. The maximum atomic E-state index is 15.5. The summed E-state index contributed by atoms with van der Waals surface area (Å²) in [5, 5.41) is 2.60. The Bertz CT molecular complexity index is 1710. The first-order chi connectivity index (χ1) is 17.3. The lowest BCUT2D eigenvalue weighted by Crippen LogP contribution is -2.16. The van der Waals surface area contributed by atoms with Crippen LogP contribution in [0.5, 0.6) is 0 Å². The van der Waals surface area contributed by atoms with E-state index in [4.69, 9.17) is 11.6 Å². The van der Waals surface area contributed by atoms with Crippen molar-refractivity contribution in [2.45, 2.75) is 11.8 Å². The highest BCUT2D eigenvalue weighted by Crippen LogP contribution is 2.35. The molecule has 0 saturated carbocycles. The number of anilines is 3. The van der Waals surface area contributed by atoms with Gasteiger partial charge in [-0.25, -0.2) is 37.1 Å². The van der Waals surface area contributed by atoms with Crippen LogP contribution in [-0.2, 0) is 10.0 Å². The van der Waals surface area contributed by atoms with Gasteiger partial charge in [0.1, 0.15) is 39.8 Å². The van der Waals surface area contributed by atoms with Crippen LogP contribution >= 0.6 is 11.6 Å². The minimum Gasteiger partial charge on any atom is -0.335 e. The molecule has 13 heteroatoms. The maximum Gasteiger partial charge on any atom is 0.263 e. The molecular weight excluding hydrogens is 512 g/mol. The van der Waals surface area contributed by atoms with Crippen molar-refractivity contribution < 1.29 is 17.2 Å².